The Labute approximate surface area is 114 Å². The van der Waals surface area contributed by atoms with Crippen LogP contribution in [0, 0.1) is 5.41 Å². The summed E-state index contributed by atoms with van der Waals surface area (Å²) in [5.74, 6) is 0.244. The molecule has 0 aliphatic heterocycles. The van der Waals surface area contributed by atoms with Crippen molar-refractivity contribution in [1.82, 2.24) is 9.88 Å². The molecule has 0 saturated carbocycles. The van der Waals surface area contributed by atoms with Crippen molar-refractivity contribution in [2.24, 2.45) is 5.41 Å². The van der Waals surface area contributed by atoms with Gasteiger partial charge in [0.25, 0.3) is 0 Å². The zero-order valence-corrected chi connectivity index (χ0v) is 12.9. The van der Waals surface area contributed by atoms with Crippen molar-refractivity contribution in [2.45, 2.75) is 53.5 Å². The highest BCUT2D eigenvalue weighted by Gasteiger charge is 2.22. The number of carbonyl (C=O) groups is 1. The number of aromatic nitrogens is 1. The zero-order chi connectivity index (χ0) is 13.8. The third-order valence-electron chi connectivity index (χ3n) is 2.68. The van der Waals surface area contributed by atoms with Crippen molar-refractivity contribution in [3.63, 3.8) is 0 Å². The standard InChI is InChI=1S/C14H24N2OS/c1-11(2)16(13(17)10-14(3,4)5)8-6-12-15-7-9-18-12/h7,9,11H,6,8,10H2,1-5H3. The Morgan fingerprint density at radius 1 is 1.44 bits per heavy atom. The van der Waals surface area contributed by atoms with Gasteiger partial charge >= 0.3 is 0 Å². The van der Waals surface area contributed by atoms with Crippen molar-refractivity contribution in [2.75, 3.05) is 6.54 Å². The molecule has 0 radical (unpaired) electrons. The van der Waals surface area contributed by atoms with Crippen LogP contribution in [0.15, 0.2) is 11.6 Å². The minimum atomic E-state index is 0.0470. The van der Waals surface area contributed by atoms with E-state index in [9.17, 15) is 4.79 Å². The van der Waals surface area contributed by atoms with Crippen LogP contribution in [0.25, 0.3) is 0 Å². The lowest BCUT2D eigenvalue weighted by atomic mass is 9.91. The lowest BCUT2D eigenvalue weighted by molar-refractivity contribution is -0.134. The van der Waals surface area contributed by atoms with Crippen LogP contribution in [-0.4, -0.2) is 28.4 Å². The molecule has 1 aromatic rings. The summed E-state index contributed by atoms with van der Waals surface area (Å²) in [6.45, 7) is 11.2. The van der Waals surface area contributed by atoms with Gasteiger partial charge in [-0.15, -0.1) is 11.3 Å². The predicted octanol–water partition coefficient (Wildman–Crippen LogP) is 3.36. The van der Waals surface area contributed by atoms with Crippen molar-refractivity contribution in [1.29, 1.82) is 0 Å². The maximum absolute atomic E-state index is 12.3. The Morgan fingerprint density at radius 3 is 2.56 bits per heavy atom. The van der Waals surface area contributed by atoms with Gasteiger partial charge in [0.1, 0.15) is 0 Å². The van der Waals surface area contributed by atoms with Gasteiger partial charge in [0.2, 0.25) is 5.91 Å². The van der Waals surface area contributed by atoms with Crippen LogP contribution in [-0.2, 0) is 11.2 Å². The van der Waals surface area contributed by atoms with E-state index in [1.54, 1.807) is 11.3 Å². The van der Waals surface area contributed by atoms with Crippen LogP contribution in [0.2, 0.25) is 0 Å². The first-order chi connectivity index (χ1) is 8.29. The zero-order valence-electron chi connectivity index (χ0n) is 12.1. The van der Waals surface area contributed by atoms with E-state index in [1.165, 1.54) is 0 Å². The van der Waals surface area contributed by atoms with Gasteiger partial charge in [-0.2, -0.15) is 0 Å². The molecule has 102 valence electrons. The maximum atomic E-state index is 12.3. The van der Waals surface area contributed by atoms with Gasteiger partial charge < -0.3 is 4.90 Å². The molecular weight excluding hydrogens is 244 g/mol. The second-order valence-corrected chi connectivity index (χ2v) is 7.07. The number of hydrogen-bond acceptors (Lipinski definition) is 3. The topological polar surface area (TPSA) is 33.2 Å². The van der Waals surface area contributed by atoms with E-state index < -0.39 is 0 Å². The molecule has 0 aromatic carbocycles. The molecule has 0 bridgehead atoms. The molecule has 0 saturated heterocycles. The number of rotatable bonds is 5. The van der Waals surface area contributed by atoms with Crippen LogP contribution in [0.1, 0.15) is 46.0 Å². The van der Waals surface area contributed by atoms with Crippen molar-refractivity contribution in [3.05, 3.63) is 16.6 Å². The summed E-state index contributed by atoms with van der Waals surface area (Å²) in [6.07, 6.45) is 3.27. The van der Waals surface area contributed by atoms with E-state index in [1.807, 2.05) is 16.5 Å². The molecular formula is C14H24N2OS. The molecule has 18 heavy (non-hydrogen) atoms. The Morgan fingerprint density at radius 2 is 2.11 bits per heavy atom. The van der Waals surface area contributed by atoms with Crippen LogP contribution in [0.3, 0.4) is 0 Å². The van der Waals surface area contributed by atoms with Gasteiger partial charge in [0, 0.05) is 37.0 Å². The lowest BCUT2D eigenvalue weighted by Gasteiger charge is -2.29. The number of thiazole rings is 1. The summed E-state index contributed by atoms with van der Waals surface area (Å²) >= 11 is 1.65. The highest BCUT2D eigenvalue weighted by atomic mass is 32.1. The first kappa shape index (κ1) is 15.2. The smallest absolute Gasteiger partial charge is 0.223 e. The van der Waals surface area contributed by atoms with Crippen molar-refractivity contribution in [3.8, 4) is 0 Å². The number of hydrogen-bond donors (Lipinski definition) is 0. The molecule has 0 atom stereocenters. The summed E-state index contributed by atoms with van der Waals surface area (Å²) < 4.78 is 0. The molecule has 4 heteroatoms. The summed E-state index contributed by atoms with van der Waals surface area (Å²) in [7, 11) is 0. The number of carbonyl (C=O) groups excluding carboxylic acids is 1. The van der Waals surface area contributed by atoms with Crippen LogP contribution >= 0.6 is 11.3 Å². The normalized spacial score (nSPS) is 11.9. The third kappa shape index (κ3) is 5.17. The Kier molecular flexibility index (Phi) is 5.32. The van der Waals surface area contributed by atoms with E-state index in [0.29, 0.717) is 6.42 Å². The molecule has 1 amide bonds. The average Bonchev–Trinajstić information content (AvgIpc) is 2.67. The lowest BCUT2D eigenvalue weighted by Crippen LogP contribution is -2.40. The number of nitrogens with zero attached hydrogens (tertiary/aromatic N) is 2. The van der Waals surface area contributed by atoms with E-state index >= 15 is 0 Å². The van der Waals surface area contributed by atoms with E-state index in [2.05, 4.69) is 39.6 Å². The third-order valence-corrected chi connectivity index (χ3v) is 3.51. The van der Waals surface area contributed by atoms with E-state index in [-0.39, 0.29) is 17.4 Å². The first-order valence-electron chi connectivity index (χ1n) is 6.47. The molecule has 0 fully saturated rings. The second kappa shape index (κ2) is 6.32. The Bertz CT molecular complexity index is 366. The average molecular weight is 268 g/mol. The van der Waals surface area contributed by atoms with E-state index in [4.69, 9.17) is 0 Å². The molecule has 1 heterocycles. The van der Waals surface area contributed by atoms with Crippen LogP contribution in [0.5, 0.6) is 0 Å². The molecule has 1 rings (SSSR count). The van der Waals surface area contributed by atoms with Gasteiger partial charge in [-0.25, -0.2) is 4.98 Å². The largest absolute Gasteiger partial charge is 0.340 e. The maximum Gasteiger partial charge on any atom is 0.223 e. The Hall–Kier alpha value is -0.900. The fourth-order valence-corrected chi connectivity index (χ4v) is 2.43. The quantitative estimate of drug-likeness (QED) is 0.820. The molecule has 0 unspecified atom stereocenters. The summed E-state index contributed by atoms with van der Waals surface area (Å²) in [6, 6.07) is 0.250. The predicted molar refractivity (Wildman–Crippen MR) is 76.7 cm³/mol. The Balaban J connectivity index is 2.57. The van der Waals surface area contributed by atoms with Gasteiger partial charge in [0.05, 0.1) is 5.01 Å². The summed E-state index contributed by atoms with van der Waals surface area (Å²) in [4.78, 5) is 18.5. The number of amides is 1. The molecule has 0 spiro atoms. The summed E-state index contributed by atoms with van der Waals surface area (Å²) in [5, 5.41) is 3.08. The molecule has 3 nitrogen and oxygen atoms in total. The molecule has 0 aliphatic rings. The van der Waals surface area contributed by atoms with Gasteiger partial charge in [0.15, 0.2) is 0 Å². The van der Waals surface area contributed by atoms with E-state index in [0.717, 1.165) is 18.0 Å². The molecule has 1 aromatic heterocycles. The fourth-order valence-electron chi connectivity index (χ4n) is 1.82. The van der Waals surface area contributed by atoms with Crippen LogP contribution < -0.4 is 0 Å². The SMILES string of the molecule is CC(C)N(CCc1nccs1)C(=O)CC(C)(C)C. The van der Waals surface area contributed by atoms with Gasteiger partial charge in [-0.3, -0.25) is 4.79 Å². The second-order valence-electron chi connectivity index (χ2n) is 6.09. The molecule has 0 N–H and O–H groups in total. The van der Waals surface area contributed by atoms with Gasteiger partial charge in [-0.05, 0) is 19.3 Å². The highest BCUT2D eigenvalue weighted by Crippen LogP contribution is 2.21. The van der Waals surface area contributed by atoms with Gasteiger partial charge in [-0.1, -0.05) is 20.8 Å². The molecule has 0 aliphatic carbocycles. The van der Waals surface area contributed by atoms with Crippen LogP contribution in [0.4, 0.5) is 0 Å². The minimum Gasteiger partial charge on any atom is -0.340 e. The first-order valence-corrected chi connectivity index (χ1v) is 7.35. The monoisotopic (exact) mass is 268 g/mol. The van der Waals surface area contributed by atoms with Crippen molar-refractivity contribution < 1.29 is 4.79 Å². The fraction of sp³-hybridized carbons (Fsp3) is 0.714. The minimum absolute atomic E-state index is 0.0470. The summed E-state index contributed by atoms with van der Waals surface area (Å²) in [5.41, 5.74) is 0.0470. The highest BCUT2D eigenvalue weighted by molar-refractivity contribution is 7.09. The van der Waals surface area contributed by atoms with Crippen molar-refractivity contribution >= 4 is 17.2 Å².